The van der Waals surface area contributed by atoms with Crippen LogP contribution < -0.4 is 10.1 Å². The molecule has 0 spiro atoms. The molecule has 0 fully saturated rings. The zero-order chi connectivity index (χ0) is 15.7. The van der Waals surface area contributed by atoms with Gasteiger partial charge >= 0.3 is 0 Å². The van der Waals surface area contributed by atoms with Gasteiger partial charge in [0.15, 0.2) is 0 Å². The highest BCUT2D eigenvalue weighted by Crippen LogP contribution is 2.30. The summed E-state index contributed by atoms with van der Waals surface area (Å²) in [6.07, 6.45) is 0.429. The van der Waals surface area contributed by atoms with Crippen LogP contribution in [-0.4, -0.2) is 12.5 Å². The normalized spacial score (nSPS) is 16.6. The lowest BCUT2D eigenvalue weighted by Gasteiger charge is -2.24. The van der Waals surface area contributed by atoms with E-state index in [0.717, 1.165) is 23.8 Å². The van der Waals surface area contributed by atoms with E-state index >= 15 is 0 Å². The van der Waals surface area contributed by atoms with Gasteiger partial charge < -0.3 is 10.1 Å². The van der Waals surface area contributed by atoms with Gasteiger partial charge in [0, 0.05) is 11.1 Å². The second kappa shape index (κ2) is 5.93. The smallest absolute Gasteiger partial charge is 0.231 e. The molecule has 0 aliphatic carbocycles. The molecule has 1 heterocycles. The van der Waals surface area contributed by atoms with Gasteiger partial charge in [-0.05, 0) is 42.3 Å². The van der Waals surface area contributed by atoms with Crippen LogP contribution in [0, 0.1) is 17.6 Å². The summed E-state index contributed by atoms with van der Waals surface area (Å²) in [5.41, 5.74) is 0.639. The summed E-state index contributed by atoms with van der Waals surface area (Å²) in [6, 6.07) is 8.10. The van der Waals surface area contributed by atoms with Crippen LogP contribution in [0.25, 0.3) is 0 Å². The number of carbonyl (C=O) groups excluding carboxylic acids is 1. The quantitative estimate of drug-likeness (QED) is 0.912. The lowest BCUT2D eigenvalue weighted by molar-refractivity contribution is -0.121. The van der Waals surface area contributed by atoms with E-state index in [-0.39, 0.29) is 12.3 Å². The van der Waals surface area contributed by atoms with E-state index in [2.05, 4.69) is 5.32 Å². The second-order valence-electron chi connectivity index (χ2n) is 5.08. The Morgan fingerprint density at radius 3 is 2.86 bits per heavy atom. The summed E-state index contributed by atoms with van der Waals surface area (Å²) in [5, 5.41) is 2.95. The summed E-state index contributed by atoms with van der Waals surface area (Å²) >= 11 is 5.92. The molecule has 1 aliphatic rings. The highest BCUT2D eigenvalue weighted by molar-refractivity contribution is 6.30. The fourth-order valence-electron chi connectivity index (χ4n) is 2.36. The molecule has 22 heavy (non-hydrogen) atoms. The number of amides is 1. The van der Waals surface area contributed by atoms with Gasteiger partial charge in [-0.3, -0.25) is 4.79 Å². The van der Waals surface area contributed by atoms with Crippen LogP contribution in [0.1, 0.15) is 5.56 Å². The Hall–Kier alpha value is -2.14. The first kappa shape index (κ1) is 14.8. The van der Waals surface area contributed by atoms with Crippen LogP contribution in [0.15, 0.2) is 36.4 Å². The number of fused-ring (bicyclic) bond motifs is 1. The molecule has 3 nitrogen and oxygen atoms in total. The van der Waals surface area contributed by atoms with E-state index in [0.29, 0.717) is 17.2 Å². The van der Waals surface area contributed by atoms with Gasteiger partial charge in [0.1, 0.15) is 24.0 Å². The Morgan fingerprint density at radius 1 is 1.23 bits per heavy atom. The predicted octanol–water partition coefficient (Wildman–Crippen LogP) is 3.81. The molecule has 0 aromatic heterocycles. The Kier molecular flexibility index (Phi) is 3.98. The maximum absolute atomic E-state index is 13.6. The fourth-order valence-corrected chi connectivity index (χ4v) is 2.55. The van der Waals surface area contributed by atoms with Crippen LogP contribution in [0.2, 0.25) is 5.02 Å². The Bertz CT molecular complexity index is 736. The Labute approximate surface area is 130 Å². The van der Waals surface area contributed by atoms with Crippen molar-refractivity contribution in [2.45, 2.75) is 6.42 Å². The first-order valence-electron chi connectivity index (χ1n) is 6.70. The zero-order valence-corrected chi connectivity index (χ0v) is 12.2. The van der Waals surface area contributed by atoms with Crippen molar-refractivity contribution in [3.63, 3.8) is 0 Å². The Morgan fingerprint density at radius 2 is 2.05 bits per heavy atom. The van der Waals surface area contributed by atoms with E-state index < -0.39 is 23.5 Å². The molecule has 0 bridgehead atoms. The van der Waals surface area contributed by atoms with Crippen molar-refractivity contribution in [2.24, 2.45) is 5.92 Å². The first-order chi connectivity index (χ1) is 10.5. The molecular formula is C16H12ClF2NO2. The minimum atomic E-state index is -0.685. The molecule has 1 aliphatic heterocycles. The van der Waals surface area contributed by atoms with Gasteiger partial charge in [-0.1, -0.05) is 11.6 Å². The molecule has 1 amide bonds. The molecule has 2 aromatic rings. The van der Waals surface area contributed by atoms with Gasteiger partial charge in [-0.25, -0.2) is 8.78 Å². The number of nitrogens with one attached hydrogen (secondary N) is 1. The average Bonchev–Trinajstić information content (AvgIpc) is 2.50. The molecule has 1 unspecified atom stereocenters. The van der Waals surface area contributed by atoms with E-state index in [9.17, 15) is 13.6 Å². The van der Waals surface area contributed by atoms with E-state index in [1.54, 1.807) is 18.2 Å². The van der Waals surface area contributed by atoms with Crippen molar-refractivity contribution in [3.8, 4) is 5.75 Å². The summed E-state index contributed by atoms with van der Waals surface area (Å²) in [4.78, 5) is 12.2. The Balaban J connectivity index is 1.75. The van der Waals surface area contributed by atoms with E-state index in [1.165, 1.54) is 0 Å². The molecular weight excluding hydrogens is 312 g/mol. The highest BCUT2D eigenvalue weighted by Gasteiger charge is 2.26. The lowest BCUT2D eigenvalue weighted by Crippen LogP contribution is -2.32. The monoisotopic (exact) mass is 323 g/mol. The van der Waals surface area contributed by atoms with Crippen molar-refractivity contribution < 1.29 is 18.3 Å². The second-order valence-corrected chi connectivity index (χ2v) is 5.51. The number of hydrogen-bond donors (Lipinski definition) is 1. The van der Waals surface area contributed by atoms with Crippen LogP contribution >= 0.6 is 11.6 Å². The SMILES string of the molecule is O=C(Nc1cc(F)ccc1F)C1COc2ccc(Cl)cc2C1. The summed E-state index contributed by atoms with van der Waals surface area (Å²) < 4.78 is 32.2. The lowest BCUT2D eigenvalue weighted by atomic mass is 9.96. The number of benzene rings is 2. The van der Waals surface area contributed by atoms with Gasteiger partial charge in [0.25, 0.3) is 0 Å². The number of carbonyl (C=O) groups is 1. The van der Waals surface area contributed by atoms with Gasteiger partial charge in [0.2, 0.25) is 5.91 Å². The third-order valence-electron chi connectivity index (χ3n) is 3.49. The van der Waals surface area contributed by atoms with Crippen molar-refractivity contribution in [3.05, 3.63) is 58.6 Å². The standard InChI is InChI=1S/C16H12ClF2NO2/c17-11-1-4-15-9(6-11)5-10(8-22-15)16(21)20-14-7-12(18)2-3-13(14)19/h1-4,6-7,10H,5,8H2,(H,20,21). The van der Waals surface area contributed by atoms with Crippen LogP contribution in [0.4, 0.5) is 14.5 Å². The van der Waals surface area contributed by atoms with E-state index in [4.69, 9.17) is 16.3 Å². The zero-order valence-electron chi connectivity index (χ0n) is 11.4. The molecule has 0 radical (unpaired) electrons. The predicted molar refractivity (Wildman–Crippen MR) is 79.1 cm³/mol. The van der Waals surface area contributed by atoms with Crippen molar-refractivity contribution in [2.75, 3.05) is 11.9 Å². The summed E-state index contributed by atoms with van der Waals surface area (Å²) in [6.45, 7) is 0.178. The summed E-state index contributed by atoms with van der Waals surface area (Å²) in [7, 11) is 0. The molecule has 2 aromatic carbocycles. The maximum atomic E-state index is 13.6. The molecule has 6 heteroatoms. The maximum Gasteiger partial charge on any atom is 0.231 e. The minimum absolute atomic E-state index is 0.178. The summed E-state index contributed by atoms with van der Waals surface area (Å²) in [5.74, 6) is -1.53. The van der Waals surface area contributed by atoms with Gasteiger partial charge in [0.05, 0.1) is 11.6 Å². The molecule has 3 rings (SSSR count). The number of ether oxygens (including phenoxy) is 1. The number of halogens is 3. The fraction of sp³-hybridized carbons (Fsp3) is 0.188. The number of hydrogen-bond acceptors (Lipinski definition) is 2. The topological polar surface area (TPSA) is 38.3 Å². The highest BCUT2D eigenvalue weighted by atomic mass is 35.5. The number of anilines is 1. The largest absolute Gasteiger partial charge is 0.492 e. The molecule has 0 saturated heterocycles. The molecule has 0 saturated carbocycles. The minimum Gasteiger partial charge on any atom is -0.492 e. The van der Waals surface area contributed by atoms with Crippen molar-refractivity contribution in [1.29, 1.82) is 0 Å². The number of rotatable bonds is 2. The van der Waals surface area contributed by atoms with Crippen LogP contribution in [0.3, 0.4) is 0 Å². The van der Waals surface area contributed by atoms with Crippen molar-refractivity contribution in [1.82, 2.24) is 0 Å². The van der Waals surface area contributed by atoms with E-state index in [1.807, 2.05) is 0 Å². The van der Waals surface area contributed by atoms with Gasteiger partial charge in [-0.15, -0.1) is 0 Å². The van der Waals surface area contributed by atoms with Crippen LogP contribution in [0.5, 0.6) is 5.75 Å². The van der Waals surface area contributed by atoms with Crippen LogP contribution in [-0.2, 0) is 11.2 Å². The molecule has 114 valence electrons. The molecule has 1 N–H and O–H groups in total. The third kappa shape index (κ3) is 3.04. The first-order valence-corrected chi connectivity index (χ1v) is 7.08. The average molecular weight is 324 g/mol. The molecule has 1 atom stereocenters. The third-order valence-corrected chi connectivity index (χ3v) is 3.72. The van der Waals surface area contributed by atoms with Crippen molar-refractivity contribution >= 4 is 23.2 Å². The van der Waals surface area contributed by atoms with Gasteiger partial charge in [-0.2, -0.15) is 0 Å².